The molecule has 8 nitrogen and oxygen atoms in total. The van der Waals surface area contributed by atoms with Gasteiger partial charge in [-0.15, -0.1) is 0 Å². The van der Waals surface area contributed by atoms with Crippen molar-refractivity contribution >= 4 is 40.7 Å². The average Bonchev–Trinajstić information content (AvgIpc) is 2.97. The minimum atomic E-state index is -0.703. The summed E-state index contributed by atoms with van der Waals surface area (Å²) in [5.41, 5.74) is 4.95. The van der Waals surface area contributed by atoms with Crippen molar-refractivity contribution in [1.82, 2.24) is 15.5 Å². The van der Waals surface area contributed by atoms with Crippen LogP contribution in [0, 0.1) is 0 Å². The smallest absolute Gasteiger partial charge is 0.245 e. The van der Waals surface area contributed by atoms with Crippen LogP contribution >= 0.6 is 11.6 Å². The maximum Gasteiger partial charge on any atom is 0.245 e. The number of benzene rings is 3. The first kappa shape index (κ1) is 27.7. The van der Waals surface area contributed by atoms with E-state index >= 15 is 0 Å². The predicted molar refractivity (Wildman–Crippen MR) is 157 cm³/mol. The summed E-state index contributed by atoms with van der Waals surface area (Å²) in [5, 5.41) is 9.90. The highest BCUT2D eigenvalue weighted by Crippen LogP contribution is 2.27. The second-order valence-corrected chi connectivity index (χ2v) is 10.7. The van der Waals surface area contributed by atoms with Crippen molar-refractivity contribution in [2.75, 3.05) is 36.4 Å². The van der Waals surface area contributed by atoms with E-state index in [9.17, 15) is 14.4 Å². The Morgan fingerprint density at radius 2 is 1.60 bits per heavy atom. The Hall–Kier alpha value is -3.88. The standard InChI is InChI=1S/C31H34ClN5O3/c1-21(38)34-26-8-4-5-9-29(26)36-14-16-37(17-15-36)31(40)28(18-22-10-12-25(32)13-11-22)35-30(39)27-19-23-6-2-3-7-24(23)20-33-27/h2-13,27-28,33H,14-20H2,1H3,(H,34,38)(H,35,39)/t27-,28-/m1/s1. The fourth-order valence-corrected chi connectivity index (χ4v) is 5.53. The SMILES string of the molecule is CC(=O)Nc1ccccc1N1CCN(C(=O)[C@@H](Cc2ccc(Cl)cc2)NC(=O)[C@H]2Cc3ccccc3CN2)CC1. The number of piperazine rings is 1. The number of anilines is 2. The number of carbonyl (C=O) groups excluding carboxylic acids is 3. The van der Waals surface area contributed by atoms with Crippen LogP contribution in [0.4, 0.5) is 11.4 Å². The van der Waals surface area contributed by atoms with Gasteiger partial charge in [-0.3, -0.25) is 14.4 Å². The van der Waals surface area contributed by atoms with E-state index in [0.29, 0.717) is 50.6 Å². The fourth-order valence-electron chi connectivity index (χ4n) is 5.40. The number of carbonyl (C=O) groups is 3. The van der Waals surface area contributed by atoms with Crippen molar-refractivity contribution < 1.29 is 14.4 Å². The van der Waals surface area contributed by atoms with E-state index in [2.05, 4.69) is 33.0 Å². The molecule has 1 saturated heterocycles. The molecule has 5 rings (SSSR count). The molecule has 0 unspecified atom stereocenters. The Balaban J connectivity index is 1.28. The molecule has 3 aromatic rings. The fraction of sp³-hybridized carbons (Fsp3) is 0.323. The van der Waals surface area contributed by atoms with Crippen molar-refractivity contribution in [2.24, 2.45) is 0 Å². The zero-order valence-electron chi connectivity index (χ0n) is 22.5. The number of para-hydroxylation sites is 2. The van der Waals surface area contributed by atoms with Crippen LogP contribution in [0.3, 0.4) is 0 Å². The first-order valence-corrected chi connectivity index (χ1v) is 14.0. The van der Waals surface area contributed by atoms with Crippen LogP contribution in [0.5, 0.6) is 0 Å². The molecular formula is C31H34ClN5O3. The summed E-state index contributed by atoms with van der Waals surface area (Å²) < 4.78 is 0. The van der Waals surface area contributed by atoms with Crippen LogP contribution in [0.2, 0.25) is 5.02 Å². The lowest BCUT2D eigenvalue weighted by atomic mass is 9.95. The third-order valence-corrected chi connectivity index (χ3v) is 7.76. The number of rotatable bonds is 7. The van der Waals surface area contributed by atoms with Crippen molar-refractivity contribution in [2.45, 2.75) is 38.4 Å². The van der Waals surface area contributed by atoms with Gasteiger partial charge in [0.15, 0.2) is 0 Å². The van der Waals surface area contributed by atoms with Crippen LogP contribution in [-0.2, 0) is 33.8 Å². The van der Waals surface area contributed by atoms with E-state index in [-0.39, 0.29) is 17.7 Å². The summed E-state index contributed by atoms with van der Waals surface area (Å²) in [4.78, 5) is 42.9. The number of halogens is 1. The van der Waals surface area contributed by atoms with Crippen LogP contribution in [0.25, 0.3) is 0 Å². The lowest BCUT2D eigenvalue weighted by Crippen LogP contribution is -2.58. The third-order valence-electron chi connectivity index (χ3n) is 7.51. The minimum Gasteiger partial charge on any atom is -0.366 e. The monoisotopic (exact) mass is 559 g/mol. The number of nitrogens with zero attached hydrogens (tertiary/aromatic N) is 2. The van der Waals surface area contributed by atoms with Gasteiger partial charge in [-0.05, 0) is 47.4 Å². The molecule has 2 aliphatic rings. The first-order valence-electron chi connectivity index (χ1n) is 13.6. The lowest BCUT2D eigenvalue weighted by Gasteiger charge is -2.38. The highest BCUT2D eigenvalue weighted by Gasteiger charge is 2.32. The summed E-state index contributed by atoms with van der Waals surface area (Å²) in [6.45, 7) is 4.36. The maximum absolute atomic E-state index is 13.8. The second kappa shape index (κ2) is 12.5. The predicted octanol–water partition coefficient (Wildman–Crippen LogP) is 3.39. The summed E-state index contributed by atoms with van der Waals surface area (Å²) in [6, 6.07) is 22.0. The normalized spacial score (nSPS) is 17.5. The number of hydrogen-bond acceptors (Lipinski definition) is 5. The molecule has 3 N–H and O–H groups in total. The Labute approximate surface area is 239 Å². The quantitative estimate of drug-likeness (QED) is 0.413. The Kier molecular flexibility index (Phi) is 8.67. The molecule has 2 heterocycles. The molecule has 0 radical (unpaired) electrons. The molecule has 208 valence electrons. The van der Waals surface area contributed by atoms with Crippen LogP contribution in [0.15, 0.2) is 72.8 Å². The van der Waals surface area contributed by atoms with E-state index in [0.717, 1.165) is 22.5 Å². The minimum absolute atomic E-state index is 0.102. The summed E-state index contributed by atoms with van der Waals surface area (Å²) in [5.74, 6) is -0.406. The van der Waals surface area contributed by atoms with Gasteiger partial charge in [0.25, 0.3) is 0 Å². The van der Waals surface area contributed by atoms with Crippen LogP contribution < -0.4 is 20.9 Å². The Morgan fingerprint density at radius 1 is 0.925 bits per heavy atom. The molecule has 40 heavy (non-hydrogen) atoms. The summed E-state index contributed by atoms with van der Waals surface area (Å²) in [6.07, 6.45) is 0.951. The molecule has 1 fully saturated rings. The molecule has 0 bridgehead atoms. The van der Waals surface area contributed by atoms with Gasteiger partial charge in [-0.2, -0.15) is 0 Å². The molecule has 0 aliphatic carbocycles. The zero-order chi connectivity index (χ0) is 28.1. The maximum atomic E-state index is 13.8. The molecule has 2 atom stereocenters. The topological polar surface area (TPSA) is 93.8 Å². The van der Waals surface area contributed by atoms with Crippen molar-refractivity contribution in [3.8, 4) is 0 Å². The van der Waals surface area contributed by atoms with Crippen molar-refractivity contribution in [3.63, 3.8) is 0 Å². The van der Waals surface area contributed by atoms with E-state index < -0.39 is 12.1 Å². The van der Waals surface area contributed by atoms with E-state index in [4.69, 9.17) is 11.6 Å². The number of fused-ring (bicyclic) bond motifs is 1. The van der Waals surface area contributed by atoms with Gasteiger partial charge >= 0.3 is 0 Å². The number of amides is 3. The third kappa shape index (κ3) is 6.63. The number of hydrogen-bond donors (Lipinski definition) is 3. The molecule has 0 saturated carbocycles. The summed E-state index contributed by atoms with van der Waals surface area (Å²) in [7, 11) is 0. The van der Waals surface area contributed by atoms with E-state index in [1.54, 1.807) is 12.1 Å². The number of nitrogens with one attached hydrogen (secondary N) is 3. The average molecular weight is 560 g/mol. The van der Waals surface area contributed by atoms with Gasteiger partial charge < -0.3 is 25.8 Å². The first-order chi connectivity index (χ1) is 19.4. The largest absolute Gasteiger partial charge is 0.366 e. The highest BCUT2D eigenvalue weighted by atomic mass is 35.5. The molecule has 0 aromatic heterocycles. The molecule has 0 spiro atoms. The molecule has 9 heteroatoms. The van der Waals surface area contributed by atoms with E-state index in [1.807, 2.05) is 53.4 Å². The second-order valence-electron chi connectivity index (χ2n) is 10.3. The van der Waals surface area contributed by atoms with Gasteiger partial charge in [0.1, 0.15) is 6.04 Å². The highest BCUT2D eigenvalue weighted by molar-refractivity contribution is 6.30. The Morgan fingerprint density at radius 3 is 2.33 bits per heavy atom. The van der Waals surface area contributed by atoms with Crippen molar-refractivity contribution in [3.05, 3.63) is 94.5 Å². The summed E-state index contributed by atoms with van der Waals surface area (Å²) >= 11 is 6.08. The van der Waals surface area contributed by atoms with Crippen LogP contribution in [-0.4, -0.2) is 60.9 Å². The van der Waals surface area contributed by atoms with Gasteiger partial charge in [0.2, 0.25) is 17.7 Å². The molecule has 3 amide bonds. The molecule has 2 aliphatic heterocycles. The Bertz CT molecular complexity index is 1370. The van der Waals surface area contributed by atoms with Gasteiger partial charge in [0, 0.05) is 51.1 Å². The molecular weight excluding hydrogens is 526 g/mol. The zero-order valence-corrected chi connectivity index (χ0v) is 23.3. The van der Waals surface area contributed by atoms with Crippen molar-refractivity contribution in [1.29, 1.82) is 0 Å². The van der Waals surface area contributed by atoms with E-state index in [1.165, 1.54) is 12.5 Å². The van der Waals surface area contributed by atoms with Crippen LogP contribution in [0.1, 0.15) is 23.6 Å². The van der Waals surface area contributed by atoms with Gasteiger partial charge in [-0.1, -0.05) is 60.1 Å². The van der Waals surface area contributed by atoms with Gasteiger partial charge in [0.05, 0.1) is 17.4 Å². The van der Waals surface area contributed by atoms with Gasteiger partial charge in [-0.25, -0.2) is 0 Å². The molecule has 3 aromatic carbocycles. The lowest BCUT2D eigenvalue weighted by molar-refractivity contribution is -0.137.